The zero-order valence-corrected chi connectivity index (χ0v) is 18.0. The van der Waals surface area contributed by atoms with E-state index < -0.39 is 0 Å². The van der Waals surface area contributed by atoms with Crippen LogP contribution in [0.4, 0.5) is 5.95 Å². The standard InChI is InChI=1S/C22H24N4O5/c1-27-17-7-6-13(8-18(17)28-2)15-11-16(26-22(25-15)23-12-24-26)14-9-19(29-3)21(31-5)20(10-14)30-4/h6-12,16H,1-5H3,(H,23,24,25)/t16-/m1/s1. The Bertz CT molecular complexity index is 1100. The number of nitrogens with one attached hydrogen (secondary N) is 1. The smallest absolute Gasteiger partial charge is 0.226 e. The number of methoxy groups -OCH3 is 5. The minimum atomic E-state index is -0.254. The van der Waals surface area contributed by atoms with Gasteiger partial charge in [-0.15, -0.1) is 0 Å². The van der Waals surface area contributed by atoms with Gasteiger partial charge in [-0.2, -0.15) is 10.1 Å². The zero-order valence-electron chi connectivity index (χ0n) is 18.0. The van der Waals surface area contributed by atoms with Crippen LogP contribution in [0, 0.1) is 0 Å². The Hall–Kier alpha value is -3.88. The number of ether oxygens (including phenoxy) is 5. The van der Waals surface area contributed by atoms with E-state index in [1.165, 1.54) is 6.33 Å². The maximum Gasteiger partial charge on any atom is 0.226 e. The molecule has 0 saturated heterocycles. The molecule has 9 heteroatoms. The fraction of sp³-hybridized carbons (Fsp3) is 0.273. The lowest BCUT2D eigenvalue weighted by Crippen LogP contribution is -2.20. The normalized spacial score (nSPS) is 14.7. The first-order valence-corrected chi connectivity index (χ1v) is 9.54. The van der Waals surface area contributed by atoms with Gasteiger partial charge in [0.25, 0.3) is 0 Å². The van der Waals surface area contributed by atoms with Crippen molar-refractivity contribution in [3.05, 3.63) is 53.9 Å². The Morgan fingerprint density at radius 3 is 2.10 bits per heavy atom. The van der Waals surface area contributed by atoms with Crippen LogP contribution >= 0.6 is 0 Å². The molecule has 9 nitrogen and oxygen atoms in total. The van der Waals surface area contributed by atoms with Gasteiger partial charge in [0.15, 0.2) is 23.0 Å². The summed E-state index contributed by atoms with van der Waals surface area (Å²) in [6.45, 7) is 0. The average Bonchev–Trinajstić information content (AvgIpc) is 3.30. The lowest BCUT2D eigenvalue weighted by Gasteiger charge is -2.25. The average molecular weight is 424 g/mol. The molecule has 0 aliphatic carbocycles. The molecule has 0 amide bonds. The highest BCUT2D eigenvalue weighted by Gasteiger charge is 2.26. The molecule has 2 aromatic carbocycles. The Labute approximate surface area is 180 Å². The van der Waals surface area contributed by atoms with Crippen molar-refractivity contribution in [1.82, 2.24) is 14.8 Å². The second kappa shape index (κ2) is 8.47. The molecular formula is C22H24N4O5. The van der Waals surface area contributed by atoms with Crippen LogP contribution in [-0.2, 0) is 0 Å². The van der Waals surface area contributed by atoms with Crippen LogP contribution in [0.3, 0.4) is 0 Å². The third kappa shape index (κ3) is 3.58. The van der Waals surface area contributed by atoms with Crippen molar-refractivity contribution in [2.75, 3.05) is 40.9 Å². The molecule has 0 radical (unpaired) electrons. The van der Waals surface area contributed by atoms with E-state index in [0.29, 0.717) is 34.7 Å². The van der Waals surface area contributed by atoms with Gasteiger partial charge >= 0.3 is 0 Å². The lowest BCUT2D eigenvalue weighted by atomic mass is 10.0. The van der Waals surface area contributed by atoms with E-state index >= 15 is 0 Å². The van der Waals surface area contributed by atoms with E-state index in [2.05, 4.69) is 21.5 Å². The molecule has 0 fully saturated rings. The van der Waals surface area contributed by atoms with Crippen molar-refractivity contribution in [3.8, 4) is 28.7 Å². The number of hydrogen-bond donors (Lipinski definition) is 1. The van der Waals surface area contributed by atoms with Gasteiger partial charge in [-0.25, -0.2) is 4.68 Å². The van der Waals surface area contributed by atoms with E-state index in [1.807, 2.05) is 30.3 Å². The van der Waals surface area contributed by atoms with Gasteiger partial charge in [0.1, 0.15) is 12.4 Å². The topological polar surface area (TPSA) is 88.9 Å². The molecule has 1 aliphatic heterocycles. The van der Waals surface area contributed by atoms with Crippen molar-refractivity contribution in [2.45, 2.75) is 6.04 Å². The van der Waals surface area contributed by atoms with E-state index in [9.17, 15) is 0 Å². The summed E-state index contributed by atoms with van der Waals surface area (Å²) in [7, 11) is 7.98. The highest BCUT2D eigenvalue weighted by Crippen LogP contribution is 2.42. The van der Waals surface area contributed by atoms with E-state index in [1.54, 1.807) is 40.2 Å². The van der Waals surface area contributed by atoms with Crippen LogP contribution in [-0.4, -0.2) is 50.3 Å². The highest BCUT2D eigenvalue weighted by molar-refractivity contribution is 5.78. The molecule has 162 valence electrons. The van der Waals surface area contributed by atoms with Gasteiger partial charge in [0.05, 0.1) is 35.5 Å². The second-order valence-electron chi connectivity index (χ2n) is 6.71. The van der Waals surface area contributed by atoms with Gasteiger partial charge in [0.2, 0.25) is 11.7 Å². The summed E-state index contributed by atoms with van der Waals surface area (Å²) in [6, 6.07) is 9.30. The van der Waals surface area contributed by atoms with Crippen LogP contribution in [0.5, 0.6) is 28.7 Å². The number of hydrogen-bond acceptors (Lipinski definition) is 8. The number of allylic oxidation sites excluding steroid dienone is 1. The summed E-state index contributed by atoms with van der Waals surface area (Å²) < 4.78 is 29.1. The first-order valence-electron chi connectivity index (χ1n) is 9.54. The van der Waals surface area contributed by atoms with Crippen molar-refractivity contribution in [2.24, 2.45) is 0 Å². The monoisotopic (exact) mass is 424 g/mol. The summed E-state index contributed by atoms with van der Waals surface area (Å²) in [6.07, 6.45) is 3.57. The van der Waals surface area contributed by atoms with Crippen molar-refractivity contribution in [3.63, 3.8) is 0 Å². The molecule has 0 spiro atoms. The quantitative estimate of drug-likeness (QED) is 0.618. The number of benzene rings is 2. The second-order valence-corrected chi connectivity index (χ2v) is 6.71. The number of nitrogens with zero attached hydrogens (tertiary/aromatic N) is 3. The van der Waals surface area contributed by atoms with Crippen molar-refractivity contribution in [1.29, 1.82) is 0 Å². The molecule has 2 heterocycles. The SMILES string of the molecule is COc1ccc(C2=C[C@H](c3cc(OC)c(OC)c(OC)c3)n3ncnc3N2)cc1OC. The number of fused-ring (bicyclic) bond motifs is 1. The molecule has 1 aliphatic rings. The minimum absolute atomic E-state index is 0.254. The van der Waals surface area contributed by atoms with Crippen LogP contribution in [0.1, 0.15) is 17.2 Å². The van der Waals surface area contributed by atoms with E-state index in [0.717, 1.165) is 16.8 Å². The van der Waals surface area contributed by atoms with Crippen LogP contribution in [0.25, 0.3) is 5.70 Å². The van der Waals surface area contributed by atoms with Gasteiger partial charge in [-0.3, -0.25) is 0 Å². The van der Waals surface area contributed by atoms with Crippen molar-refractivity contribution < 1.29 is 23.7 Å². The van der Waals surface area contributed by atoms with Gasteiger partial charge in [0, 0.05) is 11.3 Å². The van der Waals surface area contributed by atoms with Gasteiger partial charge in [-0.05, 0) is 42.0 Å². The van der Waals surface area contributed by atoms with Gasteiger partial charge < -0.3 is 29.0 Å². The molecular weight excluding hydrogens is 400 g/mol. The molecule has 1 atom stereocenters. The van der Waals surface area contributed by atoms with E-state index in [-0.39, 0.29) is 6.04 Å². The predicted octanol–water partition coefficient (Wildman–Crippen LogP) is 3.38. The number of rotatable bonds is 7. The largest absolute Gasteiger partial charge is 0.493 e. The first kappa shape index (κ1) is 20.4. The Balaban J connectivity index is 1.84. The Kier molecular flexibility index (Phi) is 5.57. The summed E-state index contributed by atoms with van der Waals surface area (Å²) >= 11 is 0. The summed E-state index contributed by atoms with van der Waals surface area (Å²) in [5.41, 5.74) is 2.69. The fourth-order valence-corrected chi connectivity index (χ4v) is 3.62. The highest BCUT2D eigenvalue weighted by atomic mass is 16.5. The molecule has 31 heavy (non-hydrogen) atoms. The minimum Gasteiger partial charge on any atom is -0.493 e. The maximum absolute atomic E-state index is 5.53. The first-order chi connectivity index (χ1) is 15.1. The molecule has 1 N–H and O–H groups in total. The Morgan fingerprint density at radius 1 is 0.806 bits per heavy atom. The lowest BCUT2D eigenvalue weighted by molar-refractivity contribution is 0.323. The zero-order chi connectivity index (χ0) is 22.0. The van der Waals surface area contributed by atoms with Crippen molar-refractivity contribution >= 4 is 11.6 Å². The number of aromatic nitrogens is 3. The molecule has 0 bridgehead atoms. The maximum atomic E-state index is 5.53. The third-order valence-corrected chi connectivity index (χ3v) is 5.13. The Morgan fingerprint density at radius 2 is 1.48 bits per heavy atom. The molecule has 3 aromatic rings. The van der Waals surface area contributed by atoms with E-state index in [4.69, 9.17) is 23.7 Å². The molecule has 4 rings (SSSR count). The molecule has 0 saturated carbocycles. The summed E-state index contributed by atoms with van der Waals surface area (Å²) in [5, 5.41) is 7.73. The summed E-state index contributed by atoms with van der Waals surface area (Å²) in [5.74, 6) is 3.58. The van der Waals surface area contributed by atoms with Crippen LogP contribution < -0.4 is 29.0 Å². The third-order valence-electron chi connectivity index (χ3n) is 5.13. The molecule has 1 aromatic heterocycles. The van der Waals surface area contributed by atoms with Crippen LogP contribution in [0.2, 0.25) is 0 Å². The molecule has 0 unspecified atom stereocenters. The summed E-state index contributed by atoms with van der Waals surface area (Å²) in [4.78, 5) is 4.36. The van der Waals surface area contributed by atoms with Crippen LogP contribution in [0.15, 0.2) is 42.7 Å². The number of anilines is 1. The predicted molar refractivity (Wildman–Crippen MR) is 115 cm³/mol. The fourth-order valence-electron chi connectivity index (χ4n) is 3.62. The van der Waals surface area contributed by atoms with Gasteiger partial charge in [-0.1, -0.05) is 0 Å².